The van der Waals surface area contributed by atoms with Crippen molar-refractivity contribution in [3.8, 4) is 17.6 Å². The Hall–Kier alpha value is -2.20. The summed E-state index contributed by atoms with van der Waals surface area (Å²) in [6, 6.07) is 19.4. The fourth-order valence-electron chi connectivity index (χ4n) is 3.54. The second-order valence-corrected chi connectivity index (χ2v) is 7.88. The third-order valence-corrected chi connectivity index (χ3v) is 6.17. The molecule has 2 heterocycles. The van der Waals surface area contributed by atoms with E-state index < -0.39 is 0 Å². The van der Waals surface area contributed by atoms with Crippen LogP contribution < -0.4 is 10.1 Å². The van der Waals surface area contributed by atoms with E-state index in [-0.39, 0.29) is 35.8 Å². The number of rotatable bonds is 4. The van der Waals surface area contributed by atoms with Gasteiger partial charge in [0.05, 0.1) is 17.5 Å². The molecule has 2 aromatic carbocycles. The summed E-state index contributed by atoms with van der Waals surface area (Å²) in [6.45, 7) is 0.685. The van der Waals surface area contributed by atoms with Gasteiger partial charge in [-0.25, -0.2) is 0 Å². The Morgan fingerprint density at radius 2 is 1.96 bits per heavy atom. The molecule has 2 fully saturated rings. The van der Waals surface area contributed by atoms with E-state index in [1.54, 1.807) is 16.7 Å². The van der Waals surface area contributed by atoms with Gasteiger partial charge in [-0.05, 0) is 42.7 Å². The third-order valence-electron chi connectivity index (χ3n) is 4.90. The number of nitrogens with one attached hydrogen (secondary N) is 1. The van der Waals surface area contributed by atoms with E-state index in [9.17, 15) is 10.1 Å². The number of nitriles is 1. The number of hydrogen-bond donors (Lipinski definition) is 1. The van der Waals surface area contributed by atoms with E-state index in [0.717, 1.165) is 29.9 Å². The predicted molar refractivity (Wildman–Crippen MR) is 113 cm³/mol. The van der Waals surface area contributed by atoms with Crippen LogP contribution in [-0.4, -0.2) is 35.2 Å². The zero-order chi connectivity index (χ0) is 18.6. The van der Waals surface area contributed by atoms with Gasteiger partial charge in [-0.1, -0.05) is 30.3 Å². The van der Waals surface area contributed by atoms with Crippen molar-refractivity contribution in [1.29, 1.82) is 5.26 Å². The highest BCUT2D eigenvalue weighted by molar-refractivity contribution is 7.99. The SMILES string of the molecule is Cl.N#C[C@@H]1CCCN1C(=O)[C@@H]1CSC(c2cccc(Oc3ccccc3)c2)N1. The van der Waals surface area contributed by atoms with Crippen molar-refractivity contribution < 1.29 is 9.53 Å². The number of likely N-dealkylation sites (tertiary alicyclic amines) is 1. The minimum atomic E-state index is -0.272. The van der Waals surface area contributed by atoms with E-state index in [2.05, 4.69) is 11.4 Å². The number of halogens is 1. The Bertz CT molecular complexity index is 858. The summed E-state index contributed by atoms with van der Waals surface area (Å²) in [5, 5.41) is 12.7. The number of carbonyl (C=O) groups is 1. The summed E-state index contributed by atoms with van der Waals surface area (Å²) in [6.07, 6.45) is 1.69. The number of benzene rings is 2. The Labute approximate surface area is 175 Å². The van der Waals surface area contributed by atoms with E-state index in [1.165, 1.54) is 0 Å². The maximum atomic E-state index is 12.8. The molecule has 28 heavy (non-hydrogen) atoms. The van der Waals surface area contributed by atoms with Gasteiger partial charge in [0.15, 0.2) is 0 Å². The molecule has 1 N–H and O–H groups in total. The van der Waals surface area contributed by atoms with Gasteiger partial charge in [-0.15, -0.1) is 24.2 Å². The minimum absolute atomic E-state index is 0. The normalized spacial score (nSPS) is 23.7. The number of ether oxygens (including phenoxy) is 1. The largest absolute Gasteiger partial charge is 0.457 e. The Morgan fingerprint density at radius 3 is 2.75 bits per heavy atom. The van der Waals surface area contributed by atoms with Crippen LogP contribution in [0.25, 0.3) is 0 Å². The number of carbonyl (C=O) groups excluding carboxylic acids is 1. The highest BCUT2D eigenvalue weighted by Gasteiger charge is 2.37. The van der Waals surface area contributed by atoms with Crippen LogP contribution in [0.1, 0.15) is 23.8 Å². The van der Waals surface area contributed by atoms with Crippen molar-refractivity contribution in [2.24, 2.45) is 0 Å². The first-order chi connectivity index (χ1) is 13.2. The Balaban J connectivity index is 0.00000225. The van der Waals surface area contributed by atoms with Crippen LogP contribution >= 0.6 is 24.2 Å². The highest BCUT2D eigenvalue weighted by Crippen LogP contribution is 2.36. The summed E-state index contributed by atoms with van der Waals surface area (Å²) in [5.41, 5.74) is 1.09. The molecule has 0 saturated carbocycles. The molecule has 0 aromatic heterocycles. The summed E-state index contributed by atoms with van der Waals surface area (Å²) in [5.74, 6) is 2.33. The smallest absolute Gasteiger partial charge is 0.241 e. The van der Waals surface area contributed by atoms with Crippen LogP contribution in [0.4, 0.5) is 0 Å². The van der Waals surface area contributed by atoms with Gasteiger partial charge in [0.1, 0.15) is 17.5 Å². The molecule has 2 aliphatic heterocycles. The van der Waals surface area contributed by atoms with Crippen molar-refractivity contribution in [2.75, 3.05) is 12.3 Å². The van der Waals surface area contributed by atoms with E-state index in [1.807, 2.05) is 54.6 Å². The topological polar surface area (TPSA) is 65.4 Å². The van der Waals surface area contributed by atoms with Crippen molar-refractivity contribution in [2.45, 2.75) is 30.3 Å². The number of hydrogen-bond acceptors (Lipinski definition) is 5. The maximum Gasteiger partial charge on any atom is 0.241 e. The number of nitrogens with zero attached hydrogens (tertiary/aromatic N) is 2. The predicted octanol–water partition coefficient (Wildman–Crippen LogP) is 4.12. The second-order valence-electron chi connectivity index (χ2n) is 6.74. The lowest BCUT2D eigenvalue weighted by Gasteiger charge is -2.23. The van der Waals surface area contributed by atoms with Gasteiger partial charge < -0.3 is 9.64 Å². The molecule has 0 radical (unpaired) electrons. The Morgan fingerprint density at radius 1 is 1.18 bits per heavy atom. The lowest BCUT2D eigenvalue weighted by atomic mass is 10.2. The van der Waals surface area contributed by atoms with Gasteiger partial charge in [-0.3, -0.25) is 10.1 Å². The summed E-state index contributed by atoms with van der Waals surface area (Å²) in [7, 11) is 0. The van der Waals surface area contributed by atoms with Gasteiger partial charge in [0.2, 0.25) is 5.91 Å². The van der Waals surface area contributed by atoms with Crippen LogP contribution in [0.15, 0.2) is 54.6 Å². The van der Waals surface area contributed by atoms with Gasteiger partial charge in [-0.2, -0.15) is 5.26 Å². The van der Waals surface area contributed by atoms with Gasteiger partial charge >= 0.3 is 0 Å². The van der Waals surface area contributed by atoms with Gasteiger partial charge in [0.25, 0.3) is 0 Å². The van der Waals surface area contributed by atoms with Crippen LogP contribution in [0.5, 0.6) is 11.5 Å². The molecular formula is C21H22ClN3O2S. The molecule has 1 unspecified atom stereocenters. The molecule has 0 bridgehead atoms. The molecule has 5 nitrogen and oxygen atoms in total. The van der Waals surface area contributed by atoms with Crippen molar-refractivity contribution in [3.63, 3.8) is 0 Å². The van der Waals surface area contributed by atoms with Crippen LogP contribution in [0, 0.1) is 11.3 Å². The molecule has 4 rings (SSSR count). The molecule has 146 valence electrons. The molecule has 1 amide bonds. The standard InChI is InChI=1S/C21H21N3O2S.ClH/c22-13-16-7-5-11-24(16)21(25)19-14-27-20(23-19)15-6-4-10-18(12-15)26-17-8-2-1-3-9-17;/h1-4,6,8-10,12,16,19-20,23H,5,7,11,14H2;1H/t16-,19-,20?;/m0./s1. The maximum absolute atomic E-state index is 12.8. The van der Waals surface area contributed by atoms with E-state index in [4.69, 9.17) is 4.74 Å². The first kappa shape index (κ1) is 20.5. The highest BCUT2D eigenvalue weighted by atomic mass is 35.5. The van der Waals surface area contributed by atoms with Crippen LogP contribution in [0.3, 0.4) is 0 Å². The average molecular weight is 416 g/mol. The van der Waals surface area contributed by atoms with Crippen LogP contribution in [0.2, 0.25) is 0 Å². The fourth-order valence-corrected chi connectivity index (χ4v) is 4.76. The van der Waals surface area contributed by atoms with Gasteiger partial charge in [0, 0.05) is 12.3 Å². The first-order valence-corrected chi connectivity index (χ1v) is 10.2. The molecular weight excluding hydrogens is 394 g/mol. The lowest BCUT2D eigenvalue weighted by molar-refractivity contribution is -0.132. The van der Waals surface area contributed by atoms with Crippen molar-refractivity contribution >= 4 is 30.1 Å². The molecule has 2 saturated heterocycles. The Kier molecular flexibility index (Phi) is 6.84. The zero-order valence-electron chi connectivity index (χ0n) is 15.3. The second kappa shape index (κ2) is 9.33. The number of thioether (sulfide) groups is 1. The molecule has 7 heteroatoms. The number of amides is 1. The molecule has 3 atom stereocenters. The summed E-state index contributed by atoms with van der Waals surface area (Å²) in [4.78, 5) is 14.5. The zero-order valence-corrected chi connectivity index (χ0v) is 16.9. The first-order valence-electron chi connectivity index (χ1n) is 9.15. The molecule has 0 spiro atoms. The van der Waals surface area contributed by atoms with E-state index >= 15 is 0 Å². The van der Waals surface area contributed by atoms with Crippen molar-refractivity contribution in [3.05, 3.63) is 60.2 Å². The summed E-state index contributed by atoms with van der Waals surface area (Å²) < 4.78 is 5.91. The monoisotopic (exact) mass is 415 g/mol. The molecule has 2 aliphatic rings. The molecule has 0 aliphatic carbocycles. The quantitative estimate of drug-likeness (QED) is 0.813. The minimum Gasteiger partial charge on any atom is -0.457 e. The van der Waals surface area contributed by atoms with Crippen molar-refractivity contribution in [1.82, 2.24) is 10.2 Å². The van der Waals surface area contributed by atoms with E-state index in [0.29, 0.717) is 12.3 Å². The third kappa shape index (κ3) is 4.44. The molecule has 2 aromatic rings. The van der Waals surface area contributed by atoms with Crippen LogP contribution in [-0.2, 0) is 4.79 Å². The number of para-hydroxylation sites is 1. The summed E-state index contributed by atoms with van der Waals surface area (Å²) >= 11 is 1.72. The fraction of sp³-hybridized carbons (Fsp3) is 0.333. The average Bonchev–Trinajstić information content (AvgIpc) is 3.38. The lowest BCUT2D eigenvalue weighted by Crippen LogP contribution is -2.46.